The van der Waals surface area contributed by atoms with Crippen LogP contribution in [0.2, 0.25) is 0 Å². The van der Waals surface area contributed by atoms with Crippen LogP contribution in [0.15, 0.2) is 47.4 Å². The Balaban J connectivity index is 2.24. The van der Waals surface area contributed by atoms with E-state index in [1.54, 1.807) is 26.8 Å². The van der Waals surface area contributed by atoms with E-state index in [0.717, 1.165) is 0 Å². The summed E-state index contributed by atoms with van der Waals surface area (Å²) in [7, 11) is -3.60. The minimum Gasteiger partial charge on any atom is -0.321 e. The largest absolute Gasteiger partial charge is 0.321 e. The molecular weight excluding hydrogens is 370 g/mol. The van der Waals surface area contributed by atoms with Gasteiger partial charge in [-0.3, -0.25) is 14.9 Å². The Morgan fingerprint density at radius 2 is 1.70 bits per heavy atom. The van der Waals surface area contributed by atoms with Crippen LogP contribution in [-0.2, 0) is 10.0 Å². The zero-order valence-corrected chi connectivity index (χ0v) is 16.1. The molecule has 1 amide bonds. The first-order valence-corrected chi connectivity index (χ1v) is 9.81. The molecule has 9 heteroatoms. The molecule has 0 heterocycles. The number of amides is 1. The van der Waals surface area contributed by atoms with Crippen molar-refractivity contribution >= 4 is 27.3 Å². The molecule has 0 bridgehead atoms. The Hall–Kier alpha value is -2.78. The number of hydrogen-bond donors (Lipinski definition) is 1. The lowest BCUT2D eigenvalue weighted by atomic mass is 10.1. The summed E-state index contributed by atoms with van der Waals surface area (Å²) < 4.78 is 26.3. The first-order valence-electron chi connectivity index (χ1n) is 8.37. The van der Waals surface area contributed by atoms with Crippen molar-refractivity contribution in [3.05, 3.63) is 63.7 Å². The van der Waals surface area contributed by atoms with Gasteiger partial charge in [0.25, 0.3) is 11.6 Å². The number of sulfonamides is 1. The van der Waals surface area contributed by atoms with Gasteiger partial charge in [-0.05, 0) is 36.8 Å². The lowest BCUT2D eigenvalue weighted by Gasteiger charge is -2.18. The molecule has 2 aromatic carbocycles. The van der Waals surface area contributed by atoms with Crippen LogP contribution >= 0.6 is 0 Å². The van der Waals surface area contributed by atoms with E-state index in [2.05, 4.69) is 5.32 Å². The quantitative estimate of drug-likeness (QED) is 0.576. The molecule has 2 rings (SSSR count). The van der Waals surface area contributed by atoms with Crippen LogP contribution in [-0.4, -0.2) is 36.6 Å². The smallest absolute Gasteiger partial charge is 0.271 e. The van der Waals surface area contributed by atoms with E-state index in [1.165, 1.54) is 40.7 Å². The molecule has 0 saturated heterocycles. The number of anilines is 1. The van der Waals surface area contributed by atoms with E-state index < -0.39 is 20.9 Å². The maximum absolute atomic E-state index is 12.5. The van der Waals surface area contributed by atoms with E-state index in [0.29, 0.717) is 24.3 Å². The van der Waals surface area contributed by atoms with Crippen LogP contribution in [0, 0.1) is 17.0 Å². The topological polar surface area (TPSA) is 110 Å². The van der Waals surface area contributed by atoms with Crippen LogP contribution in [0.4, 0.5) is 11.4 Å². The van der Waals surface area contributed by atoms with Gasteiger partial charge in [-0.15, -0.1) is 0 Å². The number of hydrogen-bond acceptors (Lipinski definition) is 5. The molecule has 1 N–H and O–H groups in total. The van der Waals surface area contributed by atoms with Crippen LogP contribution in [0.3, 0.4) is 0 Å². The van der Waals surface area contributed by atoms with Crippen molar-refractivity contribution in [2.75, 3.05) is 18.4 Å². The monoisotopic (exact) mass is 391 g/mol. The minimum atomic E-state index is -3.60. The fourth-order valence-electron chi connectivity index (χ4n) is 2.54. The van der Waals surface area contributed by atoms with Crippen molar-refractivity contribution in [3.8, 4) is 0 Å². The van der Waals surface area contributed by atoms with E-state index in [4.69, 9.17) is 0 Å². The zero-order chi connectivity index (χ0) is 20.2. The molecule has 0 aromatic heterocycles. The Kier molecular flexibility index (Phi) is 6.29. The van der Waals surface area contributed by atoms with Crippen molar-refractivity contribution in [3.63, 3.8) is 0 Å². The van der Waals surface area contributed by atoms with E-state index in [-0.39, 0.29) is 16.1 Å². The minimum absolute atomic E-state index is 0.106. The van der Waals surface area contributed by atoms with Gasteiger partial charge in [0, 0.05) is 30.8 Å². The average Bonchev–Trinajstić information content (AvgIpc) is 2.64. The molecule has 0 aliphatic heterocycles. The summed E-state index contributed by atoms with van der Waals surface area (Å²) >= 11 is 0. The van der Waals surface area contributed by atoms with E-state index in [9.17, 15) is 23.3 Å². The number of rotatable bonds is 7. The molecule has 2 aromatic rings. The summed E-state index contributed by atoms with van der Waals surface area (Å²) in [6.45, 7) is 5.94. The normalized spacial score (nSPS) is 11.4. The van der Waals surface area contributed by atoms with Crippen molar-refractivity contribution in [2.24, 2.45) is 0 Å². The van der Waals surface area contributed by atoms with Gasteiger partial charge in [0.2, 0.25) is 10.0 Å². The molecule has 0 aliphatic carbocycles. The summed E-state index contributed by atoms with van der Waals surface area (Å²) in [6, 6.07) is 9.78. The van der Waals surface area contributed by atoms with Gasteiger partial charge < -0.3 is 5.32 Å². The highest BCUT2D eigenvalue weighted by Gasteiger charge is 2.21. The number of non-ortho nitro benzene ring substituents is 1. The third-order valence-corrected chi connectivity index (χ3v) is 6.20. The molecule has 0 atom stereocenters. The van der Waals surface area contributed by atoms with Crippen LogP contribution in [0.25, 0.3) is 0 Å². The van der Waals surface area contributed by atoms with Gasteiger partial charge in [-0.25, -0.2) is 8.42 Å². The number of nitro groups is 1. The lowest BCUT2D eigenvalue weighted by Crippen LogP contribution is -2.30. The predicted octanol–water partition coefficient (Wildman–Crippen LogP) is 3.19. The van der Waals surface area contributed by atoms with Crippen molar-refractivity contribution < 1.29 is 18.1 Å². The standard InChI is InChI=1S/C18H21N3O5S/c1-4-20(5-2)27(25,26)16-10-7-14(8-11-16)18(22)19-17-12-15(21(23)24)9-6-13(17)3/h6-12H,4-5H2,1-3H3,(H,19,22). The molecule has 0 radical (unpaired) electrons. The summed E-state index contributed by atoms with van der Waals surface area (Å²) in [4.78, 5) is 22.9. The van der Waals surface area contributed by atoms with Gasteiger partial charge in [-0.2, -0.15) is 4.31 Å². The maximum atomic E-state index is 12.5. The molecule has 0 unspecified atom stereocenters. The van der Waals surface area contributed by atoms with Gasteiger partial charge in [0.15, 0.2) is 0 Å². The van der Waals surface area contributed by atoms with Gasteiger partial charge in [-0.1, -0.05) is 19.9 Å². The first-order chi connectivity index (χ1) is 12.7. The maximum Gasteiger partial charge on any atom is 0.271 e. The second-order valence-electron chi connectivity index (χ2n) is 5.82. The average molecular weight is 391 g/mol. The number of nitrogens with one attached hydrogen (secondary N) is 1. The molecule has 0 saturated carbocycles. The van der Waals surface area contributed by atoms with Crippen LogP contribution in [0.1, 0.15) is 29.8 Å². The van der Waals surface area contributed by atoms with Gasteiger partial charge >= 0.3 is 0 Å². The highest BCUT2D eigenvalue weighted by molar-refractivity contribution is 7.89. The van der Waals surface area contributed by atoms with Crippen molar-refractivity contribution in [2.45, 2.75) is 25.7 Å². The summed E-state index contributed by atoms with van der Waals surface area (Å²) in [5.74, 6) is -0.481. The summed E-state index contributed by atoms with van der Waals surface area (Å²) in [5, 5.41) is 13.5. The molecular formula is C18H21N3O5S. The lowest BCUT2D eigenvalue weighted by molar-refractivity contribution is -0.384. The van der Waals surface area contributed by atoms with Crippen molar-refractivity contribution in [1.29, 1.82) is 0 Å². The summed E-state index contributed by atoms with van der Waals surface area (Å²) in [6.07, 6.45) is 0. The van der Waals surface area contributed by atoms with Crippen LogP contribution in [0.5, 0.6) is 0 Å². The van der Waals surface area contributed by atoms with E-state index in [1.807, 2.05) is 0 Å². The Bertz CT molecular complexity index is 951. The van der Waals surface area contributed by atoms with E-state index >= 15 is 0 Å². The number of nitrogens with zero attached hydrogens (tertiary/aromatic N) is 2. The number of carbonyl (C=O) groups is 1. The van der Waals surface area contributed by atoms with Gasteiger partial charge in [0.05, 0.1) is 15.5 Å². The highest BCUT2D eigenvalue weighted by atomic mass is 32.2. The first kappa shape index (κ1) is 20.5. The molecule has 0 aliphatic rings. The number of aryl methyl sites for hydroxylation is 1. The fraction of sp³-hybridized carbons (Fsp3) is 0.278. The fourth-order valence-corrected chi connectivity index (χ4v) is 4.00. The van der Waals surface area contributed by atoms with Gasteiger partial charge in [0.1, 0.15) is 0 Å². The molecule has 8 nitrogen and oxygen atoms in total. The highest BCUT2D eigenvalue weighted by Crippen LogP contribution is 2.23. The third kappa shape index (κ3) is 4.50. The Labute approximate surface area is 158 Å². The molecule has 0 fully saturated rings. The second-order valence-corrected chi connectivity index (χ2v) is 7.76. The number of nitro benzene ring substituents is 1. The van der Waals surface area contributed by atoms with Crippen LogP contribution < -0.4 is 5.32 Å². The zero-order valence-electron chi connectivity index (χ0n) is 15.3. The number of benzene rings is 2. The predicted molar refractivity (Wildman–Crippen MR) is 102 cm³/mol. The molecule has 27 heavy (non-hydrogen) atoms. The van der Waals surface area contributed by atoms with Crippen molar-refractivity contribution in [1.82, 2.24) is 4.31 Å². The Morgan fingerprint density at radius 3 is 2.22 bits per heavy atom. The second kappa shape index (κ2) is 8.28. The summed E-state index contributed by atoms with van der Waals surface area (Å²) in [5.41, 5.74) is 1.12. The SMILES string of the molecule is CCN(CC)S(=O)(=O)c1ccc(C(=O)Nc2cc([N+](=O)[O-])ccc2C)cc1. The third-order valence-electron chi connectivity index (χ3n) is 4.14. The Morgan fingerprint density at radius 1 is 1.11 bits per heavy atom. The molecule has 0 spiro atoms. The molecule has 144 valence electrons. The number of carbonyl (C=O) groups excluding carboxylic acids is 1.